The van der Waals surface area contributed by atoms with Crippen molar-refractivity contribution >= 4 is 32.9 Å². The van der Waals surface area contributed by atoms with Gasteiger partial charge in [0.15, 0.2) is 0 Å². The van der Waals surface area contributed by atoms with E-state index in [1.165, 1.54) is 26.1 Å². The van der Waals surface area contributed by atoms with E-state index in [1.54, 1.807) is 18.2 Å². The van der Waals surface area contributed by atoms with Crippen molar-refractivity contribution in [3.63, 3.8) is 0 Å². The zero-order valence-corrected chi connectivity index (χ0v) is 27.5. The summed E-state index contributed by atoms with van der Waals surface area (Å²) in [7, 11) is -1.21. The van der Waals surface area contributed by atoms with Crippen LogP contribution in [0.2, 0.25) is 0 Å². The summed E-state index contributed by atoms with van der Waals surface area (Å²) in [6.45, 7) is 6.42. The Morgan fingerprint density at radius 3 is 2.40 bits per heavy atom. The summed E-state index contributed by atoms with van der Waals surface area (Å²) in [6.07, 6.45) is 7.48. The van der Waals surface area contributed by atoms with E-state index in [4.69, 9.17) is 0 Å². The Hall–Kier alpha value is -3.37. The smallest absolute Gasteiger partial charge is 0.303 e. The Kier molecular flexibility index (Phi) is 7.32. The number of benzene rings is 2. The van der Waals surface area contributed by atoms with Crippen molar-refractivity contribution in [3.8, 4) is 17.0 Å². The molecule has 4 atom stereocenters. The van der Waals surface area contributed by atoms with Gasteiger partial charge in [0.25, 0.3) is 5.91 Å². The molecule has 240 valence electrons. The van der Waals surface area contributed by atoms with Gasteiger partial charge in [0, 0.05) is 61.7 Å². The molecule has 2 aliphatic heterocycles. The first-order chi connectivity index (χ1) is 21.4. The predicted molar refractivity (Wildman–Crippen MR) is 174 cm³/mol. The van der Waals surface area contributed by atoms with Crippen molar-refractivity contribution in [2.75, 3.05) is 27.2 Å². The molecule has 0 spiro atoms. The number of rotatable bonds is 5. The standard InChI is InChI=1S/C35H44N4O5S/c1-21-14-22(2)19-38(18-21)34(42)35-17-29(35)28-16-25(40)11-13-26(28)32-31(23-8-6-5-7-9-23)27-12-10-24(15-30(27)39(32)20-35)33(41)36-45(43,44)37(3)4/h10-13,15-16,21-23,29,40H,5-9,14,17-20H2,1-4H3,(H,36,41)/t21-,22+,29?,35?. The Balaban J connectivity index is 1.42. The first-order valence-corrected chi connectivity index (χ1v) is 17.9. The molecular weight excluding hydrogens is 588 g/mol. The van der Waals surface area contributed by atoms with Crippen LogP contribution in [0.1, 0.15) is 92.1 Å². The lowest BCUT2D eigenvalue weighted by Crippen LogP contribution is -2.47. The largest absolute Gasteiger partial charge is 0.508 e. The Labute approximate surface area is 265 Å². The molecule has 1 saturated heterocycles. The van der Waals surface area contributed by atoms with Gasteiger partial charge in [-0.1, -0.05) is 39.2 Å². The number of aromatic hydroxyl groups is 1. The molecule has 4 aliphatic rings. The number of nitrogens with zero attached hydrogens (tertiary/aromatic N) is 3. The van der Waals surface area contributed by atoms with Gasteiger partial charge in [0.05, 0.1) is 11.1 Å². The molecule has 9 nitrogen and oxygen atoms in total. The molecule has 2 unspecified atom stereocenters. The fourth-order valence-electron chi connectivity index (χ4n) is 8.72. The summed E-state index contributed by atoms with van der Waals surface area (Å²) < 4.78 is 30.5. The summed E-state index contributed by atoms with van der Waals surface area (Å²) in [5.74, 6) is 0.892. The molecule has 2 aliphatic carbocycles. The first kappa shape index (κ1) is 30.3. The number of likely N-dealkylation sites (tertiary alicyclic amines) is 1. The zero-order valence-electron chi connectivity index (χ0n) is 26.7. The van der Waals surface area contributed by atoms with Crippen LogP contribution in [0.15, 0.2) is 36.4 Å². The average Bonchev–Trinajstić information content (AvgIpc) is 3.66. The van der Waals surface area contributed by atoms with E-state index in [2.05, 4.69) is 28.0 Å². The van der Waals surface area contributed by atoms with Crippen LogP contribution in [0.4, 0.5) is 0 Å². The summed E-state index contributed by atoms with van der Waals surface area (Å²) in [5.41, 5.74) is 4.84. The maximum atomic E-state index is 14.6. The number of hydrogen-bond donors (Lipinski definition) is 2. The maximum Gasteiger partial charge on any atom is 0.303 e. The molecule has 2 saturated carbocycles. The molecule has 3 fully saturated rings. The van der Waals surface area contributed by atoms with E-state index in [9.17, 15) is 23.1 Å². The molecular formula is C35H44N4O5S. The number of nitrogens with one attached hydrogen (secondary N) is 1. The third-order valence-corrected chi connectivity index (χ3v) is 12.2. The SMILES string of the molecule is C[C@@H]1C[C@H](C)CN(C(=O)C23CC2c2cc(O)ccc2-c2c(C4CCCCC4)c4ccc(C(=O)NS(=O)(=O)N(C)C)cc4n2C3)C1. The Morgan fingerprint density at radius 1 is 1.00 bits per heavy atom. The fraction of sp³-hybridized carbons (Fsp3) is 0.543. The summed E-state index contributed by atoms with van der Waals surface area (Å²) in [6, 6.07) is 11.1. The maximum absolute atomic E-state index is 14.6. The van der Waals surface area contributed by atoms with E-state index >= 15 is 0 Å². The highest BCUT2D eigenvalue weighted by Crippen LogP contribution is 2.66. The van der Waals surface area contributed by atoms with Gasteiger partial charge >= 0.3 is 10.2 Å². The molecule has 0 bridgehead atoms. The van der Waals surface area contributed by atoms with Gasteiger partial charge in [-0.25, -0.2) is 4.72 Å². The van der Waals surface area contributed by atoms with Crippen molar-refractivity contribution in [2.45, 2.75) is 77.2 Å². The minimum Gasteiger partial charge on any atom is -0.508 e. The molecule has 1 aromatic heterocycles. The van der Waals surface area contributed by atoms with Crippen molar-refractivity contribution in [2.24, 2.45) is 17.3 Å². The predicted octanol–water partition coefficient (Wildman–Crippen LogP) is 5.59. The van der Waals surface area contributed by atoms with Crippen LogP contribution < -0.4 is 4.72 Å². The van der Waals surface area contributed by atoms with E-state index in [1.807, 2.05) is 18.2 Å². The number of hydrogen-bond acceptors (Lipinski definition) is 5. The lowest BCUT2D eigenvalue weighted by atomic mass is 9.81. The second kappa shape index (κ2) is 10.9. The summed E-state index contributed by atoms with van der Waals surface area (Å²) >= 11 is 0. The molecule has 0 radical (unpaired) electrons. The third-order valence-electron chi connectivity index (χ3n) is 10.8. The van der Waals surface area contributed by atoms with Crippen molar-refractivity contribution in [1.29, 1.82) is 0 Å². The highest BCUT2D eigenvalue weighted by Gasteiger charge is 2.64. The number of piperidine rings is 1. The molecule has 10 heteroatoms. The third kappa shape index (κ3) is 5.04. The van der Waals surface area contributed by atoms with Crippen molar-refractivity contribution < 1.29 is 23.1 Å². The molecule has 2 amide bonds. The lowest BCUT2D eigenvalue weighted by Gasteiger charge is -2.37. The molecule has 2 N–H and O–H groups in total. The van der Waals surface area contributed by atoms with Crippen LogP contribution in [-0.2, 0) is 21.5 Å². The molecule has 3 heterocycles. The number of fused-ring (bicyclic) bond motifs is 7. The minimum absolute atomic E-state index is 0.00879. The quantitative estimate of drug-likeness (QED) is 0.381. The van der Waals surface area contributed by atoms with Crippen LogP contribution >= 0.6 is 0 Å². The Bertz CT molecular complexity index is 1800. The van der Waals surface area contributed by atoms with Gasteiger partial charge in [-0.3, -0.25) is 9.59 Å². The van der Waals surface area contributed by atoms with Gasteiger partial charge in [0.1, 0.15) is 5.75 Å². The second-order valence-electron chi connectivity index (χ2n) is 14.5. The topological polar surface area (TPSA) is 112 Å². The van der Waals surface area contributed by atoms with Crippen molar-refractivity contribution in [1.82, 2.24) is 18.5 Å². The summed E-state index contributed by atoms with van der Waals surface area (Å²) in [4.78, 5) is 30.0. The molecule has 3 aromatic rings. The number of amides is 2. The van der Waals surface area contributed by atoms with Gasteiger partial charge in [-0.05, 0) is 84.9 Å². The number of carbonyl (C=O) groups is 2. The molecule has 7 rings (SSSR count). The number of carbonyl (C=O) groups excluding carboxylic acids is 2. The van der Waals surface area contributed by atoms with E-state index in [0.717, 1.165) is 77.2 Å². The minimum atomic E-state index is -3.97. The summed E-state index contributed by atoms with van der Waals surface area (Å²) in [5, 5.41) is 11.7. The normalized spacial score (nSPS) is 26.6. The first-order valence-electron chi connectivity index (χ1n) is 16.4. The van der Waals surface area contributed by atoms with Crippen LogP contribution in [0.25, 0.3) is 22.2 Å². The monoisotopic (exact) mass is 632 g/mol. The fourth-order valence-corrected chi connectivity index (χ4v) is 9.25. The molecule has 2 aromatic carbocycles. The number of phenols is 1. The second-order valence-corrected chi connectivity index (χ2v) is 16.4. The number of phenolic OH excluding ortho intramolecular Hbond substituents is 1. The van der Waals surface area contributed by atoms with E-state index in [0.29, 0.717) is 30.7 Å². The number of aromatic nitrogens is 1. The van der Waals surface area contributed by atoms with E-state index in [-0.39, 0.29) is 23.1 Å². The van der Waals surface area contributed by atoms with Gasteiger partial charge in [-0.2, -0.15) is 12.7 Å². The van der Waals surface area contributed by atoms with Crippen LogP contribution in [0, 0.1) is 17.3 Å². The lowest BCUT2D eigenvalue weighted by molar-refractivity contribution is -0.140. The highest BCUT2D eigenvalue weighted by atomic mass is 32.2. The zero-order chi connectivity index (χ0) is 31.8. The van der Waals surface area contributed by atoms with Crippen LogP contribution in [-0.4, -0.2) is 66.3 Å². The molecule has 45 heavy (non-hydrogen) atoms. The van der Waals surface area contributed by atoms with Crippen LogP contribution in [0.5, 0.6) is 5.75 Å². The van der Waals surface area contributed by atoms with Gasteiger partial charge < -0.3 is 14.6 Å². The average molecular weight is 633 g/mol. The Morgan fingerprint density at radius 2 is 1.71 bits per heavy atom. The van der Waals surface area contributed by atoms with E-state index < -0.39 is 21.5 Å². The van der Waals surface area contributed by atoms with Gasteiger partial charge in [0.2, 0.25) is 5.91 Å². The highest BCUT2D eigenvalue weighted by molar-refractivity contribution is 7.87. The van der Waals surface area contributed by atoms with Crippen molar-refractivity contribution in [3.05, 3.63) is 53.1 Å². The van der Waals surface area contributed by atoms with Crippen LogP contribution in [0.3, 0.4) is 0 Å². The van der Waals surface area contributed by atoms with Gasteiger partial charge in [-0.15, -0.1) is 0 Å².